The van der Waals surface area contributed by atoms with Crippen LogP contribution in [0.2, 0.25) is 0 Å². The largest absolute Gasteiger partial charge is 0.491 e. The van der Waals surface area contributed by atoms with Gasteiger partial charge >= 0.3 is 0 Å². The molecular formula is C19H29N3O2. The lowest BCUT2D eigenvalue weighted by Crippen LogP contribution is -2.53. The molecule has 1 aliphatic rings. The van der Waals surface area contributed by atoms with Crippen molar-refractivity contribution in [2.45, 2.75) is 45.4 Å². The zero-order valence-corrected chi connectivity index (χ0v) is 15.5. The van der Waals surface area contributed by atoms with Crippen LogP contribution >= 0.6 is 0 Å². The van der Waals surface area contributed by atoms with Crippen molar-refractivity contribution in [3.63, 3.8) is 0 Å². The van der Waals surface area contributed by atoms with Crippen molar-refractivity contribution in [2.24, 2.45) is 4.99 Å². The number of anilines is 1. The Morgan fingerprint density at radius 3 is 2.62 bits per heavy atom. The molecule has 1 unspecified atom stereocenters. The first-order valence-electron chi connectivity index (χ1n) is 8.78. The number of carbonyl (C=O) groups is 1. The number of carbonyl (C=O) groups excluding carboxylic acids is 1. The molecule has 0 spiro atoms. The zero-order chi connectivity index (χ0) is 17.7. The SMILES string of the molecule is CCCOc1c(N(C)C)cccc1C1(CC)C(=O)NCN=C1CC. The quantitative estimate of drug-likeness (QED) is 0.835. The molecule has 1 N–H and O–H groups in total. The summed E-state index contributed by atoms with van der Waals surface area (Å²) in [6.45, 7) is 7.17. The van der Waals surface area contributed by atoms with Crippen molar-refractivity contribution in [3.05, 3.63) is 23.8 Å². The van der Waals surface area contributed by atoms with Crippen LogP contribution in [-0.2, 0) is 10.2 Å². The topological polar surface area (TPSA) is 53.9 Å². The van der Waals surface area contributed by atoms with Crippen LogP contribution in [0.5, 0.6) is 5.75 Å². The van der Waals surface area contributed by atoms with Crippen LogP contribution in [0.3, 0.4) is 0 Å². The third-order valence-electron chi connectivity index (χ3n) is 4.64. The summed E-state index contributed by atoms with van der Waals surface area (Å²) in [5, 5.41) is 2.92. The molecule has 0 aliphatic carbocycles. The summed E-state index contributed by atoms with van der Waals surface area (Å²) in [6, 6.07) is 6.04. The summed E-state index contributed by atoms with van der Waals surface area (Å²) in [7, 11) is 3.98. The van der Waals surface area contributed by atoms with E-state index in [9.17, 15) is 4.79 Å². The number of hydrogen-bond donors (Lipinski definition) is 1. The maximum absolute atomic E-state index is 13.0. The highest BCUT2D eigenvalue weighted by atomic mass is 16.5. The van der Waals surface area contributed by atoms with Gasteiger partial charge in [-0.2, -0.15) is 0 Å². The number of hydrogen-bond acceptors (Lipinski definition) is 4. The molecule has 0 saturated heterocycles. The fraction of sp³-hybridized carbons (Fsp3) is 0.579. The van der Waals surface area contributed by atoms with E-state index in [1.165, 1.54) is 0 Å². The molecule has 0 radical (unpaired) electrons. The second-order valence-corrected chi connectivity index (χ2v) is 6.28. The number of para-hydroxylation sites is 1. The van der Waals surface area contributed by atoms with Crippen LogP contribution in [0.15, 0.2) is 23.2 Å². The molecule has 24 heavy (non-hydrogen) atoms. The highest BCUT2D eigenvalue weighted by molar-refractivity contribution is 6.15. The van der Waals surface area contributed by atoms with Crippen LogP contribution in [0.25, 0.3) is 0 Å². The number of ether oxygens (including phenoxy) is 1. The summed E-state index contributed by atoms with van der Waals surface area (Å²) in [5.41, 5.74) is 2.10. The average molecular weight is 331 g/mol. The van der Waals surface area contributed by atoms with Gasteiger partial charge in [0.1, 0.15) is 17.8 Å². The van der Waals surface area contributed by atoms with Gasteiger partial charge in [0, 0.05) is 25.4 Å². The van der Waals surface area contributed by atoms with Gasteiger partial charge in [-0.15, -0.1) is 0 Å². The molecular weight excluding hydrogens is 302 g/mol. The minimum atomic E-state index is -0.748. The smallest absolute Gasteiger partial charge is 0.237 e. The van der Waals surface area contributed by atoms with E-state index in [0.29, 0.717) is 19.7 Å². The Bertz CT molecular complexity index is 625. The van der Waals surface area contributed by atoms with Gasteiger partial charge in [0.15, 0.2) is 0 Å². The van der Waals surface area contributed by atoms with E-state index in [2.05, 4.69) is 24.2 Å². The van der Waals surface area contributed by atoms with E-state index in [0.717, 1.165) is 35.6 Å². The molecule has 0 saturated carbocycles. The summed E-state index contributed by atoms with van der Waals surface area (Å²) in [5.74, 6) is 0.818. The lowest BCUT2D eigenvalue weighted by molar-refractivity contribution is -0.125. The second kappa shape index (κ2) is 7.69. The van der Waals surface area contributed by atoms with Crippen molar-refractivity contribution in [1.29, 1.82) is 0 Å². The van der Waals surface area contributed by atoms with Crippen LogP contribution < -0.4 is 15.0 Å². The number of nitrogens with one attached hydrogen (secondary N) is 1. The van der Waals surface area contributed by atoms with E-state index in [4.69, 9.17) is 4.74 Å². The van der Waals surface area contributed by atoms with Crippen LogP contribution in [0.1, 0.15) is 45.6 Å². The summed E-state index contributed by atoms with van der Waals surface area (Å²) in [6.07, 6.45) is 2.33. The van der Waals surface area contributed by atoms with E-state index in [-0.39, 0.29) is 5.91 Å². The van der Waals surface area contributed by atoms with E-state index >= 15 is 0 Å². The molecule has 0 aromatic heterocycles. The van der Waals surface area contributed by atoms with Crippen LogP contribution in [0.4, 0.5) is 5.69 Å². The molecule has 1 aromatic carbocycles. The summed E-state index contributed by atoms with van der Waals surface area (Å²) < 4.78 is 6.12. The molecule has 1 aromatic rings. The lowest BCUT2D eigenvalue weighted by atomic mass is 9.71. The third-order valence-corrected chi connectivity index (χ3v) is 4.64. The van der Waals surface area contributed by atoms with E-state index in [1.807, 2.05) is 44.1 Å². The van der Waals surface area contributed by atoms with Crippen molar-refractivity contribution in [3.8, 4) is 5.75 Å². The van der Waals surface area contributed by atoms with E-state index < -0.39 is 5.41 Å². The fourth-order valence-corrected chi connectivity index (χ4v) is 3.44. The Hall–Kier alpha value is -2.04. The van der Waals surface area contributed by atoms with Gasteiger partial charge in [0.2, 0.25) is 5.91 Å². The number of amides is 1. The van der Waals surface area contributed by atoms with Gasteiger partial charge in [0.25, 0.3) is 0 Å². The number of nitrogens with zero attached hydrogens (tertiary/aromatic N) is 2. The van der Waals surface area contributed by atoms with Crippen molar-refractivity contribution in [2.75, 3.05) is 32.3 Å². The minimum Gasteiger partial charge on any atom is -0.491 e. The van der Waals surface area contributed by atoms with E-state index in [1.54, 1.807) is 0 Å². The van der Waals surface area contributed by atoms with Gasteiger partial charge in [0.05, 0.1) is 12.3 Å². The third kappa shape index (κ3) is 2.99. The molecule has 1 heterocycles. The average Bonchev–Trinajstić information content (AvgIpc) is 2.59. The van der Waals surface area contributed by atoms with Gasteiger partial charge in [-0.25, -0.2) is 0 Å². The zero-order valence-electron chi connectivity index (χ0n) is 15.5. The monoisotopic (exact) mass is 331 g/mol. The van der Waals surface area contributed by atoms with Gasteiger partial charge in [-0.1, -0.05) is 32.9 Å². The normalized spacial score (nSPS) is 20.4. The predicted octanol–water partition coefficient (Wildman–Crippen LogP) is 3.13. The highest BCUT2D eigenvalue weighted by Crippen LogP contribution is 2.43. The van der Waals surface area contributed by atoms with Crippen LogP contribution in [-0.4, -0.2) is 39.0 Å². The highest BCUT2D eigenvalue weighted by Gasteiger charge is 2.46. The number of benzene rings is 1. The molecule has 0 bridgehead atoms. The molecule has 132 valence electrons. The molecule has 1 atom stereocenters. The molecule has 5 heteroatoms. The summed E-state index contributed by atoms with van der Waals surface area (Å²) in [4.78, 5) is 19.6. The van der Waals surface area contributed by atoms with Gasteiger partial charge < -0.3 is 15.0 Å². The first-order chi connectivity index (χ1) is 11.5. The Kier molecular flexibility index (Phi) is 5.86. The maximum Gasteiger partial charge on any atom is 0.237 e. The van der Waals surface area contributed by atoms with Gasteiger partial charge in [-0.3, -0.25) is 9.79 Å². The first-order valence-corrected chi connectivity index (χ1v) is 8.78. The second-order valence-electron chi connectivity index (χ2n) is 6.28. The Labute approximate surface area is 145 Å². The Balaban J connectivity index is 2.71. The minimum absolute atomic E-state index is 0.0223. The molecule has 1 aliphatic heterocycles. The Morgan fingerprint density at radius 1 is 1.29 bits per heavy atom. The van der Waals surface area contributed by atoms with Crippen molar-refractivity contribution < 1.29 is 9.53 Å². The van der Waals surface area contributed by atoms with Gasteiger partial charge in [-0.05, 0) is 25.3 Å². The van der Waals surface area contributed by atoms with Crippen molar-refractivity contribution >= 4 is 17.3 Å². The number of aliphatic imine (C=N–C) groups is 1. The maximum atomic E-state index is 13.0. The first kappa shape index (κ1) is 18.3. The molecule has 0 fully saturated rings. The molecule has 5 nitrogen and oxygen atoms in total. The Morgan fingerprint density at radius 2 is 2.04 bits per heavy atom. The summed E-state index contributed by atoms with van der Waals surface area (Å²) >= 11 is 0. The predicted molar refractivity (Wildman–Crippen MR) is 99.3 cm³/mol. The number of rotatable bonds is 7. The molecule has 2 rings (SSSR count). The van der Waals surface area contributed by atoms with Crippen molar-refractivity contribution in [1.82, 2.24) is 5.32 Å². The standard InChI is InChI=1S/C19H29N3O2/c1-6-12-24-17-14(10-9-11-15(17)22(4)5)19(8-3)16(7-2)20-13-21-18(19)23/h9-11H,6-8,12-13H2,1-5H3,(H,21,23). The molecule has 1 amide bonds. The fourth-order valence-electron chi connectivity index (χ4n) is 3.44. The van der Waals surface area contributed by atoms with Crippen LogP contribution in [0, 0.1) is 0 Å². The lowest BCUT2D eigenvalue weighted by Gasteiger charge is -2.37.